The van der Waals surface area contributed by atoms with E-state index in [-0.39, 0.29) is 23.7 Å². The Morgan fingerprint density at radius 3 is 2.44 bits per heavy atom. The van der Waals surface area contributed by atoms with Gasteiger partial charge in [-0.05, 0) is 37.5 Å². The van der Waals surface area contributed by atoms with Gasteiger partial charge in [0.05, 0.1) is 11.8 Å². The van der Waals surface area contributed by atoms with Crippen LogP contribution in [0.4, 0.5) is 0 Å². The molecule has 4 atom stereocenters. The number of carboxylic acids is 2. The van der Waals surface area contributed by atoms with Gasteiger partial charge in [-0.15, -0.1) is 0 Å². The lowest BCUT2D eigenvalue weighted by molar-refractivity contribution is -0.143. The van der Waals surface area contributed by atoms with Crippen LogP contribution in [0.15, 0.2) is 11.1 Å². The van der Waals surface area contributed by atoms with Crippen LogP contribution in [0.1, 0.15) is 25.7 Å². The molecule has 2 bridgehead atoms. The van der Waals surface area contributed by atoms with Gasteiger partial charge in [0.1, 0.15) is 0 Å². The summed E-state index contributed by atoms with van der Waals surface area (Å²) in [5.74, 6) is -1.57. The fraction of sp³-hybridized carbons (Fsp3) is 0.667. The van der Waals surface area contributed by atoms with E-state index in [1.807, 2.05) is 0 Å². The van der Waals surface area contributed by atoms with Crippen molar-refractivity contribution in [2.45, 2.75) is 25.7 Å². The highest BCUT2D eigenvalue weighted by Crippen LogP contribution is 2.59. The molecule has 16 heavy (non-hydrogen) atoms. The van der Waals surface area contributed by atoms with E-state index in [1.165, 1.54) is 0 Å². The van der Waals surface area contributed by atoms with Gasteiger partial charge in [0, 0.05) is 0 Å². The van der Waals surface area contributed by atoms with Crippen molar-refractivity contribution in [3.05, 3.63) is 11.1 Å². The summed E-state index contributed by atoms with van der Waals surface area (Å²) in [6.45, 7) is 0. The number of rotatable bonds is 2. The first-order chi connectivity index (χ1) is 7.59. The minimum absolute atomic E-state index is 0.187. The lowest BCUT2D eigenvalue weighted by Crippen LogP contribution is -2.26. The number of hydrogen-bond donors (Lipinski definition) is 2. The van der Waals surface area contributed by atoms with Crippen molar-refractivity contribution in [2.75, 3.05) is 0 Å². The maximum absolute atomic E-state index is 11.1. The van der Waals surface area contributed by atoms with Crippen molar-refractivity contribution in [1.82, 2.24) is 0 Å². The maximum atomic E-state index is 11.1. The molecule has 86 valence electrons. The summed E-state index contributed by atoms with van der Waals surface area (Å²) in [4.78, 5) is 22.1. The quantitative estimate of drug-likeness (QED) is 0.694. The first kappa shape index (κ1) is 9.87. The van der Waals surface area contributed by atoms with Crippen molar-refractivity contribution in [3.63, 3.8) is 0 Å². The summed E-state index contributed by atoms with van der Waals surface area (Å²) in [5.41, 5.74) is 2.24. The van der Waals surface area contributed by atoms with Crippen LogP contribution in [0.25, 0.3) is 0 Å². The van der Waals surface area contributed by atoms with E-state index in [4.69, 9.17) is 10.2 Å². The maximum Gasteiger partial charge on any atom is 0.310 e. The largest absolute Gasteiger partial charge is 0.481 e. The number of aliphatic carboxylic acids is 2. The number of fused-ring (bicyclic) bond motifs is 4. The molecule has 0 spiro atoms. The normalized spacial score (nSPS) is 40.2. The summed E-state index contributed by atoms with van der Waals surface area (Å²) >= 11 is 0. The Kier molecular flexibility index (Phi) is 1.91. The van der Waals surface area contributed by atoms with E-state index >= 15 is 0 Å². The van der Waals surface area contributed by atoms with Crippen LogP contribution in [-0.2, 0) is 9.59 Å². The molecule has 2 fully saturated rings. The molecule has 4 heteroatoms. The summed E-state index contributed by atoms with van der Waals surface area (Å²) in [6, 6.07) is 0. The fourth-order valence-electron chi connectivity index (χ4n) is 3.98. The second-order valence-electron chi connectivity index (χ2n) is 5.15. The summed E-state index contributed by atoms with van der Waals surface area (Å²) in [7, 11) is 0. The third kappa shape index (κ3) is 1.10. The van der Waals surface area contributed by atoms with Crippen molar-refractivity contribution in [2.24, 2.45) is 23.7 Å². The van der Waals surface area contributed by atoms with Crippen LogP contribution < -0.4 is 0 Å². The zero-order chi connectivity index (χ0) is 11.4. The SMILES string of the molecule is O=C(O)C1CCC2C1=C1CC(C(=O)O)C2C1. The monoisotopic (exact) mass is 222 g/mol. The molecule has 0 aromatic heterocycles. The third-order valence-corrected chi connectivity index (χ3v) is 4.55. The third-order valence-electron chi connectivity index (χ3n) is 4.55. The van der Waals surface area contributed by atoms with E-state index in [2.05, 4.69) is 0 Å². The molecule has 0 aliphatic heterocycles. The minimum Gasteiger partial charge on any atom is -0.481 e. The van der Waals surface area contributed by atoms with Gasteiger partial charge in [0.25, 0.3) is 0 Å². The number of allylic oxidation sites excluding steroid dienone is 1. The van der Waals surface area contributed by atoms with Gasteiger partial charge in [-0.25, -0.2) is 0 Å². The summed E-state index contributed by atoms with van der Waals surface area (Å²) in [6.07, 6.45) is 2.99. The number of hydrogen-bond acceptors (Lipinski definition) is 2. The molecule has 2 saturated carbocycles. The topological polar surface area (TPSA) is 74.6 Å². The highest BCUT2D eigenvalue weighted by molar-refractivity contribution is 5.77. The van der Waals surface area contributed by atoms with E-state index in [9.17, 15) is 9.59 Å². The first-order valence-electron chi connectivity index (χ1n) is 5.77. The van der Waals surface area contributed by atoms with Gasteiger partial charge >= 0.3 is 11.9 Å². The molecule has 0 amide bonds. The Morgan fingerprint density at radius 1 is 1.06 bits per heavy atom. The highest BCUT2D eigenvalue weighted by Gasteiger charge is 2.53. The van der Waals surface area contributed by atoms with Crippen LogP contribution >= 0.6 is 0 Å². The van der Waals surface area contributed by atoms with E-state index in [0.29, 0.717) is 12.8 Å². The highest BCUT2D eigenvalue weighted by atomic mass is 16.4. The molecule has 3 aliphatic carbocycles. The second kappa shape index (κ2) is 3.09. The molecule has 2 N–H and O–H groups in total. The molecule has 4 nitrogen and oxygen atoms in total. The molecule has 0 radical (unpaired) electrons. The predicted octanol–water partition coefficient (Wildman–Crippen LogP) is 1.52. The Bertz CT molecular complexity index is 409. The molecule has 0 aromatic rings. The van der Waals surface area contributed by atoms with Gasteiger partial charge in [0.15, 0.2) is 0 Å². The summed E-state index contributed by atoms with van der Waals surface area (Å²) in [5, 5.41) is 18.2. The summed E-state index contributed by atoms with van der Waals surface area (Å²) < 4.78 is 0. The smallest absolute Gasteiger partial charge is 0.310 e. The Labute approximate surface area is 93.0 Å². The minimum atomic E-state index is -0.732. The van der Waals surface area contributed by atoms with E-state index in [1.54, 1.807) is 0 Å². The molecular weight excluding hydrogens is 208 g/mol. The van der Waals surface area contributed by atoms with Crippen LogP contribution in [0.5, 0.6) is 0 Å². The fourth-order valence-corrected chi connectivity index (χ4v) is 3.98. The lowest BCUT2D eigenvalue weighted by atomic mass is 9.79. The number of carboxylic acid groups (broad SMARTS) is 2. The van der Waals surface area contributed by atoms with Crippen LogP contribution in [-0.4, -0.2) is 22.2 Å². The Hall–Kier alpha value is -1.32. The zero-order valence-corrected chi connectivity index (χ0v) is 8.85. The molecule has 3 aliphatic rings. The van der Waals surface area contributed by atoms with Crippen LogP contribution in [0, 0.1) is 23.7 Å². The molecule has 4 unspecified atom stereocenters. The van der Waals surface area contributed by atoms with Gasteiger partial charge in [-0.3, -0.25) is 9.59 Å². The first-order valence-corrected chi connectivity index (χ1v) is 5.77. The van der Waals surface area contributed by atoms with Crippen LogP contribution in [0.2, 0.25) is 0 Å². The van der Waals surface area contributed by atoms with Gasteiger partial charge in [-0.1, -0.05) is 11.1 Å². The molecule has 3 rings (SSSR count). The van der Waals surface area contributed by atoms with Gasteiger partial charge in [0.2, 0.25) is 0 Å². The van der Waals surface area contributed by atoms with Gasteiger partial charge in [-0.2, -0.15) is 0 Å². The van der Waals surface area contributed by atoms with Gasteiger partial charge < -0.3 is 10.2 Å². The van der Waals surface area contributed by atoms with Crippen LogP contribution in [0.3, 0.4) is 0 Å². The molecular formula is C12H14O4. The molecule has 0 heterocycles. The Balaban J connectivity index is 1.95. The molecule has 0 aromatic carbocycles. The lowest BCUT2D eigenvalue weighted by Gasteiger charge is -2.24. The standard InChI is InChI=1S/C12H14O4/c13-11(14)7-2-1-6-8-3-5(10(6)7)4-9(8)12(15)16/h6-9H,1-4H2,(H,13,14)(H,15,16). The van der Waals surface area contributed by atoms with Crippen molar-refractivity contribution < 1.29 is 19.8 Å². The average Bonchev–Trinajstić information content (AvgIpc) is 2.87. The Morgan fingerprint density at radius 2 is 1.81 bits per heavy atom. The average molecular weight is 222 g/mol. The molecule has 0 saturated heterocycles. The second-order valence-corrected chi connectivity index (χ2v) is 5.15. The predicted molar refractivity (Wildman–Crippen MR) is 54.7 cm³/mol. The van der Waals surface area contributed by atoms with Crippen molar-refractivity contribution in [3.8, 4) is 0 Å². The van der Waals surface area contributed by atoms with Crippen molar-refractivity contribution >= 4 is 11.9 Å². The van der Waals surface area contributed by atoms with E-state index < -0.39 is 11.9 Å². The van der Waals surface area contributed by atoms with E-state index in [0.717, 1.165) is 24.0 Å². The van der Waals surface area contributed by atoms with Crippen molar-refractivity contribution in [1.29, 1.82) is 0 Å². The zero-order valence-electron chi connectivity index (χ0n) is 8.85. The number of carbonyl (C=O) groups is 2.